The van der Waals surface area contributed by atoms with Gasteiger partial charge in [-0.3, -0.25) is 5.10 Å². The summed E-state index contributed by atoms with van der Waals surface area (Å²) < 4.78 is 0. The van der Waals surface area contributed by atoms with Gasteiger partial charge in [0.1, 0.15) is 0 Å². The first-order chi connectivity index (χ1) is 9.84. The van der Waals surface area contributed by atoms with Gasteiger partial charge in [-0.05, 0) is 17.9 Å². The molecule has 1 heterocycles. The average Bonchev–Trinajstić information content (AvgIpc) is 2.92. The lowest BCUT2D eigenvalue weighted by molar-refractivity contribution is 0.750. The van der Waals surface area contributed by atoms with Crippen LogP contribution in [-0.2, 0) is 6.42 Å². The van der Waals surface area contributed by atoms with Crippen LogP contribution in [0.2, 0.25) is 0 Å². The van der Waals surface area contributed by atoms with Crippen LogP contribution in [0.25, 0.3) is 22.5 Å². The van der Waals surface area contributed by atoms with E-state index in [1.165, 1.54) is 27.9 Å². The van der Waals surface area contributed by atoms with Gasteiger partial charge in [0.2, 0.25) is 0 Å². The van der Waals surface area contributed by atoms with Gasteiger partial charge in [-0.2, -0.15) is 5.10 Å². The van der Waals surface area contributed by atoms with Crippen molar-refractivity contribution in [2.45, 2.75) is 19.3 Å². The fourth-order valence-electron chi connectivity index (χ4n) is 3.19. The van der Waals surface area contributed by atoms with Crippen molar-refractivity contribution in [1.82, 2.24) is 10.2 Å². The monoisotopic (exact) mass is 260 g/mol. The lowest BCUT2D eigenvalue weighted by atomic mass is 9.81. The second-order valence-electron chi connectivity index (χ2n) is 5.48. The van der Waals surface area contributed by atoms with E-state index in [0.29, 0.717) is 5.92 Å². The molecule has 0 radical (unpaired) electrons. The Kier molecular flexibility index (Phi) is 2.49. The van der Waals surface area contributed by atoms with Crippen LogP contribution in [0.1, 0.15) is 24.0 Å². The molecule has 1 unspecified atom stereocenters. The summed E-state index contributed by atoms with van der Waals surface area (Å²) in [5.41, 5.74) is 7.55. The van der Waals surface area contributed by atoms with Crippen LogP contribution < -0.4 is 0 Å². The summed E-state index contributed by atoms with van der Waals surface area (Å²) >= 11 is 0. The highest BCUT2D eigenvalue weighted by molar-refractivity contribution is 5.78. The molecule has 2 heteroatoms. The Labute approximate surface area is 118 Å². The number of aromatic nitrogens is 2. The van der Waals surface area contributed by atoms with E-state index in [2.05, 4.69) is 65.7 Å². The number of hydrogen-bond donors (Lipinski definition) is 1. The standard InChI is InChI=1S/C18H16N2/c1-12-11-16-17(13-7-3-2-4-8-13)19-20-18(16)15-10-6-5-9-14(12)15/h2-10,12H,11H2,1H3,(H,19,20). The van der Waals surface area contributed by atoms with Gasteiger partial charge in [0.25, 0.3) is 0 Å². The maximum absolute atomic E-state index is 4.58. The first kappa shape index (κ1) is 11.5. The van der Waals surface area contributed by atoms with E-state index in [4.69, 9.17) is 0 Å². The molecule has 4 rings (SSSR count). The lowest BCUT2D eigenvalue weighted by Gasteiger charge is -2.22. The second kappa shape index (κ2) is 4.34. The van der Waals surface area contributed by atoms with E-state index >= 15 is 0 Å². The van der Waals surface area contributed by atoms with Gasteiger partial charge < -0.3 is 0 Å². The van der Waals surface area contributed by atoms with Crippen LogP contribution in [0, 0.1) is 0 Å². The number of nitrogens with one attached hydrogen (secondary N) is 1. The normalized spacial score (nSPS) is 16.6. The topological polar surface area (TPSA) is 28.7 Å². The predicted octanol–water partition coefficient (Wildman–Crippen LogP) is 4.40. The highest BCUT2D eigenvalue weighted by Crippen LogP contribution is 2.41. The van der Waals surface area contributed by atoms with Gasteiger partial charge in [-0.15, -0.1) is 0 Å². The average molecular weight is 260 g/mol. The lowest BCUT2D eigenvalue weighted by Crippen LogP contribution is -2.07. The molecule has 20 heavy (non-hydrogen) atoms. The van der Waals surface area contributed by atoms with Crippen LogP contribution in [0.5, 0.6) is 0 Å². The molecule has 0 amide bonds. The van der Waals surface area contributed by atoms with Gasteiger partial charge in [0.15, 0.2) is 0 Å². The van der Waals surface area contributed by atoms with Crippen molar-refractivity contribution in [2.24, 2.45) is 0 Å². The third-order valence-electron chi connectivity index (χ3n) is 4.19. The summed E-state index contributed by atoms with van der Waals surface area (Å²) in [5, 5.41) is 7.83. The summed E-state index contributed by atoms with van der Waals surface area (Å²) in [6, 6.07) is 19.1. The van der Waals surface area contributed by atoms with Gasteiger partial charge in [-0.25, -0.2) is 0 Å². The van der Waals surface area contributed by atoms with Crippen LogP contribution in [-0.4, -0.2) is 10.2 Å². The van der Waals surface area contributed by atoms with E-state index in [0.717, 1.165) is 12.1 Å². The zero-order chi connectivity index (χ0) is 13.5. The highest BCUT2D eigenvalue weighted by Gasteiger charge is 2.26. The zero-order valence-corrected chi connectivity index (χ0v) is 11.4. The molecule has 0 fully saturated rings. The number of hydrogen-bond acceptors (Lipinski definition) is 1. The molecule has 0 saturated heterocycles. The highest BCUT2D eigenvalue weighted by atomic mass is 15.1. The molecular formula is C18H16N2. The smallest absolute Gasteiger partial charge is 0.0959 e. The number of H-pyrrole nitrogens is 1. The Bertz CT molecular complexity index is 743. The maximum Gasteiger partial charge on any atom is 0.0959 e. The molecule has 1 N–H and O–H groups in total. The van der Waals surface area contributed by atoms with E-state index in [1.54, 1.807) is 0 Å². The predicted molar refractivity (Wildman–Crippen MR) is 81.6 cm³/mol. The van der Waals surface area contributed by atoms with Crippen LogP contribution >= 0.6 is 0 Å². The van der Waals surface area contributed by atoms with Crippen molar-refractivity contribution in [1.29, 1.82) is 0 Å². The van der Waals surface area contributed by atoms with Gasteiger partial charge in [0, 0.05) is 16.7 Å². The molecule has 0 bridgehead atoms. The molecule has 1 aliphatic carbocycles. The molecule has 0 saturated carbocycles. The van der Waals surface area contributed by atoms with Gasteiger partial charge in [-0.1, -0.05) is 61.5 Å². The summed E-state index contributed by atoms with van der Waals surface area (Å²) in [4.78, 5) is 0. The molecule has 0 spiro atoms. The minimum absolute atomic E-state index is 0.541. The van der Waals surface area contributed by atoms with Gasteiger partial charge >= 0.3 is 0 Å². The Morgan fingerprint density at radius 3 is 2.60 bits per heavy atom. The quantitative estimate of drug-likeness (QED) is 0.690. The van der Waals surface area contributed by atoms with Crippen molar-refractivity contribution in [2.75, 3.05) is 0 Å². The number of aromatic amines is 1. The first-order valence-corrected chi connectivity index (χ1v) is 7.06. The molecule has 1 atom stereocenters. The molecule has 1 aromatic heterocycles. The molecule has 98 valence electrons. The molecule has 2 nitrogen and oxygen atoms in total. The van der Waals surface area contributed by atoms with Crippen molar-refractivity contribution >= 4 is 0 Å². The Balaban J connectivity index is 1.93. The number of benzene rings is 2. The van der Waals surface area contributed by atoms with Crippen molar-refractivity contribution in [3.63, 3.8) is 0 Å². The summed E-state index contributed by atoms with van der Waals surface area (Å²) in [7, 11) is 0. The molecule has 2 aromatic carbocycles. The van der Waals surface area contributed by atoms with E-state index < -0.39 is 0 Å². The Hall–Kier alpha value is -2.35. The minimum atomic E-state index is 0.541. The number of rotatable bonds is 1. The third kappa shape index (κ3) is 1.61. The Morgan fingerprint density at radius 2 is 1.75 bits per heavy atom. The van der Waals surface area contributed by atoms with Crippen LogP contribution in [0.15, 0.2) is 54.6 Å². The van der Waals surface area contributed by atoms with E-state index in [-0.39, 0.29) is 0 Å². The fourth-order valence-corrected chi connectivity index (χ4v) is 3.19. The summed E-state index contributed by atoms with van der Waals surface area (Å²) in [6.07, 6.45) is 1.05. The fraction of sp³-hybridized carbons (Fsp3) is 0.167. The second-order valence-corrected chi connectivity index (χ2v) is 5.48. The summed E-state index contributed by atoms with van der Waals surface area (Å²) in [6.45, 7) is 2.30. The van der Waals surface area contributed by atoms with E-state index in [9.17, 15) is 0 Å². The number of fused-ring (bicyclic) bond motifs is 3. The van der Waals surface area contributed by atoms with Crippen molar-refractivity contribution in [3.8, 4) is 22.5 Å². The van der Waals surface area contributed by atoms with Crippen molar-refractivity contribution < 1.29 is 0 Å². The van der Waals surface area contributed by atoms with Crippen molar-refractivity contribution in [3.05, 3.63) is 65.7 Å². The Morgan fingerprint density at radius 1 is 1.00 bits per heavy atom. The maximum atomic E-state index is 4.58. The number of nitrogens with zero attached hydrogens (tertiary/aromatic N) is 1. The zero-order valence-electron chi connectivity index (χ0n) is 11.4. The molecule has 1 aliphatic rings. The first-order valence-electron chi connectivity index (χ1n) is 7.06. The summed E-state index contributed by atoms with van der Waals surface area (Å²) in [5.74, 6) is 0.541. The van der Waals surface area contributed by atoms with E-state index in [1.807, 2.05) is 6.07 Å². The van der Waals surface area contributed by atoms with Crippen LogP contribution in [0.3, 0.4) is 0 Å². The third-order valence-corrected chi connectivity index (χ3v) is 4.19. The largest absolute Gasteiger partial charge is 0.277 e. The molecule has 0 aliphatic heterocycles. The van der Waals surface area contributed by atoms with Crippen LogP contribution in [0.4, 0.5) is 0 Å². The van der Waals surface area contributed by atoms with Gasteiger partial charge in [0.05, 0.1) is 11.4 Å². The SMILES string of the molecule is CC1Cc2c(-c3ccccc3)n[nH]c2-c2ccccc21. The molecule has 3 aromatic rings. The molecular weight excluding hydrogens is 244 g/mol. The minimum Gasteiger partial charge on any atom is -0.277 e.